The predicted octanol–water partition coefficient (Wildman–Crippen LogP) is 9.99. The second-order valence-electron chi connectivity index (χ2n) is 10.7. The van der Waals surface area contributed by atoms with Gasteiger partial charge in [-0.25, -0.2) is 19.9 Å². The minimum atomic E-state index is -4.62. The zero-order valence-corrected chi connectivity index (χ0v) is 26.2. The van der Waals surface area contributed by atoms with Gasteiger partial charge in [-0.15, -0.1) is 11.3 Å². The van der Waals surface area contributed by atoms with Crippen molar-refractivity contribution in [3.05, 3.63) is 123 Å². The number of fused-ring (bicyclic) bond motifs is 9. The third-order valence-corrected chi connectivity index (χ3v) is 8.20. The van der Waals surface area contributed by atoms with Crippen molar-refractivity contribution in [3.63, 3.8) is 0 Å². The Morgan fingerprint density at radius 1 is 0.702 bits per heavy atom. The Labute approximate surface area is 275 Å². The zero-order chi connectivity index (χ0) is 32.5. The topological polar surface area (TPSA) is 92.4 Å². The standard InChI is InChI=1S/C20H14N4.C15H10ClF3N2OS/c1-2-14-10-16-5-6-18(23-16)12-20-8-7-19(24-20)11-17-4-3-15(22-17)9-13(1)21-14;1-8-20-11(7-23-8)13(15(17,18)19)22-12-6-9-4-2-3-5-10(9)21-14(12)16/h1-12,21,24H;2-7,13H,1H3. The lowest BCUT2D eigenvalue weighted by Gasteiger charge is -2.20. The quantitative estimate of drug-likeness (QED) is 0.183. The Kier molecular flexibility index (Phi) is 8.09. The van der Waals surface area contributed by atoms with Crippen LogP contribution in [-0.2, 0) is 0 Å². The highest BCUT2D eigenvalue weighted by atomic mass is 35.5. The number of nitrogens with zero attached hydrogens (tertiary/aromatic N) is 4. The average molecular weight is 669 g/mol. The van der Waals surface area contributed by atoms with Gasteiger partial charge in [0.1, 0.15) is 5.69 Å². The maximum Gasteiger partial charge on any atom is 0.431 e. The Morgan fingerprint density at radius 3 is 1.68 bits per heavy atom. The Bertz CT molecular complexity index is 2160. The van der Waals surface area contributed by atoms with Crippen LogP contribution in [-0.4, -0.2) is 36.1 Å². The fourth-order valence-electron chi connectivity index (χ4n) is 5.02. The van der Waals surface area contributed by atoms with E-state index in [9.17, 15) is 13.2 Å². The molecule has 0 spiro atoms. The molecule has 0 radical (unpaired) electrons. The lowest BCUT2D eigenvalue weighted by atomic mass is 10.2. The second-order valence-corrected chi connectivity index (χ2v) is 12.1. The molecule has 8 bridgehead atoms. The number of para-hydroxylation sites is 1. The second kappa shape index (κ2) is 12.5. The molecule has 7 heterocycles. The number of nitrogens with one attached hydrogen (secondary N) is 2. The molecule has 12 heteroatoms. The molecular weight excluding hydrogens is 645 g/mol. The molecule has 8 rings (SSSR count). The van der Waals surface area contributed by atoms with Gasteiger partial charge in [0.2, 0.25) is 6.10 Å². The van der Waals surface area contributed by atoms with Crippen LogP contribution in [0.1, 0.15) is 39.6 Å². The number of aromatic amines is 2. The summed E-state index contributed by atoms with van der Waals surface area (Å²) in [5, 5.41) is 2.38. The van der Waals surface area contributed by atoms with Gasteiger partial charge in [-0.1, -0.05) is 29.8 Å². The summed E-state index contributed by atoms with van der Waals surface area (Å²) < 4.78 is 45.1. The molecule has 2 N–H and O–H groups in total. The van der Waals surface area contributed by atoms with Crippen molar-refractivity contribution in [1.29, 1.82) is 0 Å². The van der Waals surface area contributed by atoms with E-state index in [-0.39, 0.29) is 16.6 Å². The van der Waals surface area contributed by atoms with Gasteiger partial charge in [0.25, 0.3) is 0 Å². The first-order valence-electron chi connectivity index (χ1n) is 14.4. The summed E-state index contributed by atoms with van der Waals surface area (Å²) in [6.45, 7) is 1.63. The van der Waals surface area contributed by atoms with E-state index >= 15 is 0 Å². The SMILES string of the molecule is C1=Cc2cc3ccc(cc4nc(cc5ccc(cc1n2)[nH]5)C=C4)[nH]3.Cc1nc(C(Oc2cc3ccccc3nc2Cl)C(F)(F)F)cs1. The maximum absolute atomic E-state index is 13.3. The summed E-state index contributed by atoms with van der Waals surface area (Å²) in [4.78, 5) is 24.0. The molecule has 0 saturated carbocycles. The number of H-pyrrole nitrogens is 2. The number of thiazole rings is 1. The number of ether oxygens (including phenoxy) is 1. The van der Waals surface area contributed by atoms with Crippen molar-refractivity contribution in [1.82, 2.24) is 29.9 Å². The summed E-state index contributed by atoms with van der Waals surface area (Å²) >= 11 is 7.10. The minimum absolute atomic E-state index is 0.120. The first kappa shape index (κ1) is 30.4. The number of hydrogen-bond acceptors (Lipinski definition) is 6. The summed E-state index contributed by atoms with van der Waals surface area (Å²) in [7, 11) is 0. The van der Waals surface area contributed by atoms with Crippen LogP contribution in [0.4, 0.5) is 13.2 Å². The Balaban J connectivity index is 0.000000150. The molecule has 1 atom stereocenters. The highest BCUT2D eigenvalue weighted by molar-refractivity contribution is 7.09. The lowest BCUT2D eigenvalue weighted by Crippen LogP contribution is -2.26. The fraction of sp³-hybridized carbons (Fsp3) is 0.0857. The van der Waals surface area contributed by atoms with Crippen LogP contribution in [0.2, 0.25) is 5.15 Å². The van der Waals surface area contributed by atoms with E-state index < -0.39 is 12.3 Å². The molecule has 6 aromatic rings. The van der Waals surface area contributed by atoms with Crippen LogP contribution in [0.5, 0.6) is 5.75 Å². The maximum atomic E-state index is 13.3. The van der Waals surface area contributed by atoms with Crippen LogP contribution in [0.25, 0.3) is 57.3 Å². The predicted molar refractivity (Wildman–Crippen MR) is 182 cm³/mol. The molecule has 2 aliphatic rings. The highest BCUT2D eigenvalue weighted by Crippen LogP contribution is 2.39. The number of hydrogen-bond donors (Lipinski definition) is 2. The normalized spacial score (nSPS) is 13.0. The van der Waals surface area contributed by atoms with Crippen LogP contribution in [0.3, 0.4) is 0 Å². The van der Waals surface area contributed by atoms with Gasteiger partial charge in [0.15, 0.2) is 10.9 Å². The van der Waals surface area contributed by atoms with Crippen molar-refractivity contribution < 1.29 is 17.9 Å². The average Bonchev–Trinajstić information content (AvgIpc) is 3.87. The molecule has 1 aromatic carbocycles. The Morgan fingerprint density at radius 2 is 1.21 bits per heavy atom. The molecule has 0 fully saturated rings. The minimum Gasteiger partial charge on any atom is -0.471 e. The fourth-order valence-corrected chi connectivity index (χ4v) is 5.84. The van der Waals surface area contributed by atoms with E-state index in [2.05, 4.69) is 54.2 Å². The summed E-state index contributed by atoms with van der Waals surface area (Å²) in [6, 6.07) is 24.8. The molecule has 0 saturated heterocycles. The number of aromatic nitrogens is 6. The van der Waals surface area contributed by atoms with Crippen molar-refractivity contribution in [3.8, 4) is 5.75 Å². The van der Waals surface area contributed by atoms with Crippen molar-refractivity contribution in [2.45, 2.75) is 19.2 Å². The van der Waals surface area contributed by atoms with Gasteiger partial charge in [0.05, 0.1) is 33.3 Å². The molecule has 5 aromatic heterocycles. The third-order valence-electron chi connectivity index (χ3n) is 7.13. The first-order valence-corrected chi connectivity index (χ1v) is 15.7. The van der Waals surface area contributed by atoms with Crippen LogP contribution in [0, 0.1) is 6.92 Å². The van der Waals surface area contributed by atoms with E-state index in [4.69, 9.17) is 16.3 Å². The molecule has 2 aliphatic heterocycles. The molecule has 1 unspecified atom stereocenters. The molecule has 0 aliphatic carbocycles. The van der Waals surface area contributed by atoms with E-state index in [1.165, 1.54) is 11.4 Å². The van der Waals surface area contributed by atoms with Crippen molar-refractivity contribution in [2.24, 2.45) is 0 Å². The first-order chi connectivity index (χ1) is 22.6. The number of rotatable bonds is 3. The Hall–Kier alpha value is -5.26. The smallest absolute Gasteiger partial charge is 0.431 e. The van der Waals surface area contributed by atoms with Crippen LogP contribution in [0.15, 0.2) is 84.2 Å². The van der Waals surface area contributed by atoms with Crippen LogP contribution >= 0.6 is 22.9 Å². The van der Waals surface area contributed by atoms with Gasteiger partial charge in [-0.05, 0) is 91.9 Å². The van der Waals surface area contributed by atoms with E-state index in [1.54, 1.807) is 31.2 Å². The summed E-state index contributed by atoms with van der Waals surface area (Å²) in [5.74, 6) is -0.127. The van der Waals surface area contributed by atoms with Crippen molar-refractivity contribution >= 4 is 80.2 Å². The molecule has 234 valence electrons. The van der Waals surface area contributed by atoms with E-state index in [1.807, 2.05) is 48.6 Å². The van der Waals surface area contributed by atoms with Gasteiger partial charge >= 0.3 is 6.18 Å². The molecule has 7 nitrogen and oxygen atoms in total. The van der Waals surface area contributed by atoms with Gasteiger partial charge in [-0.2, -0.15) is 13.2 Å². The number of alkyl halides is 3. The zero-order valence-electron chi connectivity index (χ0n) is 24.6. The van der Waals surface area contributed by atoms with E-state index in [0.29, 0.717) is 15.9 Å². The third kappa shape index (κ3) is 7.11. The molecular formula is C35H24ClF3N6OS. The van der Waals surface area contributed by atoms with E-state index in [0.717, 1.165) is 56.2 Å². The van der Waals surface area contributed by atoms with Crippen LogP contribution < -0.4 is 4.74 Å². The molecule has 0 amide bonds. The van der Waals surface area contributed by atoms with Gasteiger partial charge in [-0.3, -0.25) is 0 Å². The number of halogens is 4. The summed E-state index contributed by atoms with van der Waals surface area (Å²) in [5.41, 5.74) is 8.25. The number of pyridine rings is 1. The number of aryl methyl sites for hydroxylation is 1. The largest absolute Gasteiger partial charge is 0.471 e. The highest BCUT2D eigenvalue weighted by Gasteiger charge is 2.45. The van der Waals surface area contributed by atoms with Crippen molar-refractivity contribution in [2.75, 3.05) is 0 Å². The molecule has 47 heavy (non-hydrogen) atoms. The van der Waals surface area contributed by atoms with Gasteiger partial charge < -0.3 is 14.7 Å². The lowest BCUT2D eigenvalue weighted by molar-refractivity contribution is -0.198. The van der Waals surface area contributed by atoms with Gasteiger partial charge in [0, 0.05) is 32.8 Å². The monoisotopic (exact) mass is 668 g/mol. The number of benzene rings is 1. The summed E-state index contributed by atoms with van der Waals surface area (Å²) in [6.07, 6.45) is 1.29.